The largest absolute Gasteiger partial charge is 0.366 e. The SMILES string of the molecule is CCCc1cccc(C(N)=O)c1-c1cnc(C)nc1. The zero-order valence-corrected chi connectivity index (χ0v) is 11.2. The molecule has 2 N–H and O–H groups in total. The van der Waals surface area contributed by atoms with Crippen LogP contribution >= 0.6 is 0 Å². The summed E-state index contributed by atoms with van der Waals surface area (Å²) in [5.74, 6) is 0.283. The summed E-state index contributed by atoms with van der Waals surface area (Å²) in [5, 5.41) is 0. The van der Waals surface area contributed by atoms with Crippen LogP contribution in [-0.4, -0.2) is 15.9 Å². The number of carbonyl (C=O) groups is 1. The van der Waals surface area contributed by atoms with E-state index < -0.39 is 5.91 Å². The third kappa shape index (κ3) is 2.78. The molecule has 0 saturated heterocycles. The van der Waals surface area contributed by atoms with Gasteiger partial charge in [-0.3, -0.25) is 4.79 Å². The molecular formula is C15H17N3O. The van der Waals surface area contributed by atoms with E-state index in [-0.39, 0.29) is 0 Å². The fourth-order valence-electron chi connectivity index (χ4n) is 2.15. The van der Waals surface area contributed by atoms with Crippen molar-refractivity contribution in [3.8, 4) is 11.1 Å². The van der Waals surface area contributed by atoms with Crippen LogP contribution in [0.15, 0.2) is 30.6 Å². The number of nitrogens with two attached hydrogens (primary N) is 1. The Bertz CT molecular complexity index is 591. The number of nitrogens with zero attached hydrogens (tertiary/aromatic N) is 2. The molecule has 0 saturated carbocycles. The van der Waals surface area contributed by atoms with Crippen LogP contribution in [0.2, 0.25) is 0 Å². The van der Waals surface area contributed by atoms with Crippen molar-refractivity contribution in [2.24, 2.45) is 5.73 Å². The Morgan fingerprint density at radius 1 is 1.26 bits per heavy atom. The van der Waals surface area contributed by atoms with E-state index in [1.54, 1.807) is 18.5 Å². The Kier molecular flexibility index (Phi) is 3.90. The smallest absolute Gasteiger partial charge is 0.249 e. The molecule has 0 aliphatic carbocycles. The molecule has 0 aliphatic rings. The number of amides is 1. The van der Waals surface area contributed by atoms with Crippen molar-refractivity contribution in [1.29, 1.82) is 0 Å². The first-order valence-corrected chi connectivity index (χ1v) is 6.34. The Balaban J connectivity index is 2.63. The molecule has 1 aromatic carbocycles. The first-order valence-electron chi connectivity index (χ1n) is 6.34. The van der Waals surface area contributed by atoms with E-state index in [0.717, 1.165) is 29.5 Å². The minimum Gasteiger partial charge on any atom is -0.366 e. The van der Waals surface area contributed by atoms with Gasteiger partial charge in [0, 0.05) is 29.1 Å². The van der Waals surface area contributed by atoms with Crippen molar-refractivity contribution in [2.75, 3.05) is 0 Å². The number of aromatic nitrogens is 2. The Labute approximate surface area is 112 Å². The molecule has 1 heterocycles. The summed E-state index contributed by atoms with van der Waals surface area (Å²) >= 11 is 0. The molecule has 0 bridgehead atoms. The molecule has 0 unspecified atom stereocenters. The lowest BCUT2D eigenvalue weighted by Crippen LogP contribution is -2.13. The zero-order chi connectivity index (χ0) is 13.8. The van der Waals surface area contributed by atoms with Crippen LogP contribution in [0.25, 0.3) is 11.1 Å². The Morgan fingerprint density at radius 2 is 1.95 bits per heavy atom. The maximum atomic E-state index is 11.6. The van der Waals surface area contributed by atoms with Gasteiger partial charge in [0.05, 0.1) is 0 Å². The van der Waals surface area contributed by atoms with E-state index in [9.17, 15) is 4.79 Å². The first-order chi connectivity index (χ1) is 9.13. The van der Waals surface area contributed by atoms with E-state index in [4.69, 9.17) is 5.73 Å². The van der Waals surface area contributed by atoms with Crippen molar-refractivity contribution < 1.29 is 4.79 Å². The van der Waals surface area contributed by atoms with Crippen molar-refractivity contribution >= 4 is 5.91 Å². The van der Waals surface area contributed by atoms with Gasteiger partial charge in [-0.25, -0.2) is 9.97 Å². The van der Waals surface area contributed by atoms with Gasteiger partial charge < -0.3 is 5.73 Å². The predicted molar refractivity (Wildman–Crippen MR) is 74.7 cm³/mol. The molecule has 0 radical (unpaired) electrons. The van der Waals surface area contributed by atoms with Gasteiger partial charge in [-0.05, 0) is 25.0 Å². The average molecular weight is 255 g/mol. The van der Waals surface area contributed by atoms with Crippen LogP contribution in [0.5, 0.6) is 0 Å². The Hall–Kier alpha value is -2.23. The summed E-state index contributed by atoms with van der Waals surface area (Å²) < 4.78 is 0. The molecule has 4 nitrogen and oxygen atoms in total. The van der Waals surface area contributed by atoms with Crippen molar-refractivity contribution in [1.82, 2.24) is 9.97 Å². The highest BCUT2D eigenvalue weighted by Gasteiger charge is 2.14. The summed E-state index contributed by atoms with van der Waals surface area (Å²) in [6.07, 6.45) is 5.37. The summed E-state index contributed by atoms with van der Waals surface area (Å²) in [5.41, 5.74) is 8.79. The zero-order valence-electron chi connectivity index (χ0n) is 11.2. The lowest BCUT2D eigenvalue weighted by molar-refractivity contribution is 0.100. The van der Waals surface area contributed by atoms with E-state index in [1.807, 2.05) is 19.1 Å². The topological polar surface area (TPSA) is 68.9 Å². The number of carbonyl (C=O) groups excluding carboxylic acids is 1. The highest BCUT2D eigenvalue weighted by Crippen LogP contribution is 2.27. The lowest BCUT2D eigenvalue weighted by Gasteiger charge is -2.12. The second kappa shape index (κ2) is 5.61. The fraction of sp³-hybridized carbons (Fsp3) is 0.267. The molecule has 2 rings (SSSR count). The fourth-order valence-corrected chi connectivity index (χ4v) is 2.15. The predicted octanol–water partition coefficient (Wildman–Crippen LogP) is 2.50. The lowest BCUT2D eigenvalue weighted by atomic mass is 9.93. The minimum atomic E-state index is -0.423. The highest BCUT2D eigenvalue weighted by atomic mass is 16.1. The van der Waals surface area contributed by atoms with Crippen molar-refractivity contribution in [3.63, 3.8) is 0 Å². The van der Waals surface area contributed by atoms with Gasteiger partial charge in [0.25, 0.3) is 0 Å². The summed E-state index contributed by atoms with van der Waals surface area (Å²) in [4.78, 5) is 20.0. The van der Waals surface area contributed by atoms with Gasteiger partial charge in [0.1, 0.15) is 5.82 Å². The monoisotopic (exact) mass is 255 g/mol. The molecule has 1 aromatic heterocycles. The average Bonchev–Trinajstić information content (AvgIpc) is 2.40. The molecule has 19 heavy (non-hydrogen) atoms. The van der Waals surface area contributed by atoms with Gasteiger partial charge in [-0.15, -0.1) is 0 Å². The summed E-state index contributed by atoms with van der Waals surface area (Å²) in [6.45, 7) is 3.93. The normalized spacial score (nSPS) is 10.4. The minimum absolute atomic E-state index is 0.423. The molecule has 0 aliphatic heterocycles. The van der Waals surface area contributed by atoms with Crippen LogP contribution in [0.1, 0.15) is 35.1 Å². The number of primary amides is 1. The van der Waals surface area contributed by atoms with Crippen LogP contribution in [-0.2, 0) is 6.42 Å². The first kappa shape index (κ1) is 13.2. The van der Waals surface area contributed by atoms with E-state index in [2.05, 4.69) is 16.9 Å². The molecule has 0 spiro atoms. The molecule has 98 valence electrons. The second-order valence-corrected chi connectivity index (χ2v) is 4.47. The second-order valence-electron chi connectivity index (χ2n) is 4.47. The summed E-state index contributed by atoms with van der Waals surface area (Å²) in [7, 11) is 0. The van der Waals surface area contributed by atoms with E-state index in [1.165, 1.54) is 0 Å². The van der Waals surface area contributed by atoms with Gasteiger partial charge in [0.15, 0.2) is 0 Å². The number of aryl methyl sites for hydroxylation is 2. The third-order valence-corrected chi connectivity index (χ3v) is 3.01. The van der Waals surface area contributed by atoms with Gasteiger partial charge in [-0.2, -0.15) is 0 Å². The molecule has 1 amide bonds. The van der Waals surface area contributed by atoms with Crippen LogP contribution < -0.4 is 5.73 Å². The van der Waals surface area contributed by atoms with Crippen molar-refractivity contribution in [3.05, 3.63) is 47.5 Å². The number of hydrogen-bond acceptors (Lipinski definition) is 3. The highest BCUT2D eigenvalue weighted by molar-refractivity contribution is 6.00. The molecule has 0 atom stereocenters. The van der Waals surface area contributed by atoms with Crippen molar-refractivity contribution in [2.45, 2.75) is 26.7 Å². The summed E-state index contributed by atoms with van der Waals surface area (Å²) in [6, 6.07) is 5.63. The maximum absolute atomic E-state index is 11.6. The van der Waals surface area contributed by atoms with Gasteiger partial charge in [0.2, 0.25) is 5.91 Å². The number of hydrogen-bond donors (Lipinski definition) is 1. The Morgan fingerprint density at radius 3 is 2.53 bits per heavy atom. The molecule has 4 heteroatoms. The van der Waals surface area contributed by atoms with Gasteiger partial charge >= 0.3 is 0 Å². The number of rotatable bonds is 4. The quantitative estimate of drug-likeness (QED) is 0.912. The van der Waals surface area contributed by atoms with E-state index in [0.29, 0.717) is 11.4 Å². The van der Waals surface area contributed by atoms with Gasteiger partial charge in [-0.1, -0.05) is 25.5 Å². The standard InChI is InChI=1S/C15H17N3O/c1-3-5-11-6-4-7-13(15(16)19)14(11)12-8-17-10(2)18-9-12/h4,6-9H,3,5H2,1-2H3,(H2,16,19). The molecule has 0 fully saturated rings. The van der Waals surface area contributed by atoms with Crippen LogP contribution in [0.4, 0.5) is 0 Å². The molecular weight excluding hydrogens is 238 g/mol. The van der Waals surface area contributed by atoms with E-state index >= 15 is 0 Å². The molecule has 2 aromatic rings. The third-order valence-electron chi connectivity index (χ3n) is 3.01. The van der Waals surface area contributed by atoms with Crippen LogP contribution in [0, 0.1) is 6.92 Å². The maximum Gasteiger partial charge on any atom is 0.249 e. The number of benzene rings is 1. The van der Waals surface area contributed by atoms with Crippen LogP contribution in [0.3, 0.4) is 0 Å².